The highest BCUT2D eigenvalue weighted by Gasteiger charge is 2.27. The van der Waals surface area contributed by atoms with Gasteiger partial charge in [-0.05, 0) is 18.8 Å². The summed E-state index contributed by atoms with van der Waals surface area (Å²) >= 11 is 0. The lowest BCUT2D eigenvalue weighted by molar-refractivity contribution is -0.126. The van der Waals surface area contributed by atoms with Crippen molar-refractivity contribution in [2.45, 2.75) is 52.4 Å². The van der Waals surface area contributed by atoms with Gasteiger partial charge in [-0.15, -0.1) is 0 Å². The van der Waals surface area contributed by atoms with Crippen molar-refractivity contribution in [3.63, 3.8) is 0 Å². The summed E-state index contributed by atoms with van der Waals surface area (Å²) < 4.78 is 0. The molecule has 0 aromatic carbocycles. The fourth-order valence-corrected chi connectivity index (χ4v) is 2.37. The van der Waals surface area contributed by atoms with Crippen LogP contribution in [0.2, 0.25) is 0 Å². The SMILES string of the molecule is CCC(CC)C1CCCCC1=O. The van der Waals surface area contributed by atoms with E-state index in [2.05, 4.69) is 13.8 Å². The Labute approximate surface area is 75.5 Å². The minimum absolute atomic E-state index is 0.411. The molecule has 1 nitrogen and oxygen atoms in total. The van der Waals surface area contributed by atoms with Gasteiger partial charge in [0.05, 0.1) is 0 Å². The summed E-state index contributed by atoms with van der Waals surface area (Å²) in [6.45, 7) is 4.41. The number of Topliss-reactive ketones (excluding diaryl/α,β-unsaturated/α-hetero) is 1. The summed E-state index contributed by atoms with van der Waals surface area (Å²) in [6.07, 6.45) is 6.76. The van der Waals surface area contributed by atoms with E-state index in [0.29, 0.717) is 17.6 Å². The molecule has 70 valence electrons. The van der Waals surface area contributed by atoms with Crippen LogP contribution in [0.25, 0.3) is 0 Å². The van der Waals surface area contributed by atoms with E-state index in [0.717, 1.165) is 19.3 Å². The zero-order valence-corrected chi connectivity index (χ0v) is 8.31. The second-order valence-corrected chi connectivity index (χ2v) is 3.90. The van der Waals surface area contributed by atoms with Crippen LogP contribution >= 0.6 is 0 Å². The number of carbonyl (C=O) groups is 1. The summed E-state index contributed by atoms with van der Waals surface area (Å²) in [6, 6.07) is 0. The predicted molar refractivity (Wildman–Crippen MR) is 51.0 cm³/mol. The smallest absolute Gasteiger partial charge is 0.136 e. The van der Waals surface area contributed by atoms with Crippen molar-refractivity contribution < 1.29 is 4.79 Å². The maximum atomic E-state index is 11.6. The van der Waals surface area contributed by atoms with Gasteiger partial charge < -0.3 is 0 Å². The molecule has 0 heterocycles. The molecule has 12 heavy (non-hydrogen) atoms. The van der Waals surface area contributed by atoms with Gasteiger partial charge in [0.25, 0.3) is 0 Å². The van der Waals surface area contributed by atoms with Crippen molar-refractivity contribution in [2.75, 3.05) is 0 Å². The fraction of sp³-hybridized carbons (Fsp3) is 0.909. The molecule has 0 N–H and O–H groups in total. The van der Waals surface area contributed by atoms with E-state index in [9.17, 15) is 4.79 Å². The average molecular weight is 168 g/mol. The Morgan fingerprint density at radius 3 is 2.50 bits per heavy atom. The first-order valence-corrected chi connectivity index (χ1v) is 5.32. The first kappa shape index (κ1) is 9.76. The maximum absolute atomic E-state index is 11.6. The highest BCUT2D eigenvalue weighted by Crippen LogP contribution is 2.30. The van der Waals surface area contributed by atoms with Gasteiger partial charge in [-0.1, -0.05) is 33.1 Å². The Balaban J connectivity index is 2.51. The second kappa shape index (κ2) is 4.64. The van der Waals surface area contributed by atoms with Crippen LogP contribution in [0, 0.1) is 11.8 Å². The lowest BCUT2D eigenvalue weighted by Gasteiger charge is -2.27. The highest BCUT2D eigenvalue weighted by molar-refractivity contribution is 5.81. The van der Waals surface area contributed by atoms with Gasteiger partial charge in [0.15, 0.2) is 0 Å². The van der Waals surface area contributed by atoms with Crippen molar-refractivity contribution in [1.82, 2.24) is 0 Å². The van der Waals surface area contributed by atoms with E-state index in [1.165, 1.54) is 19.3 Å². The van der Waals surface area contributed by atoms with E-state index >= 15 is 0 Å². The Morgan fingerprint density at radius 2 is 2.00 bits per heavy atom. The van der Waals surface area contributed by atoms with Crippen molar-refractivity contribution in [3.05, 3.63) is 0 Å². The van der Waals surface area contributed by atoms with Gasteiger partial charge in [-0.2, -0.15) is 0 Å². The second-order valence-electron chi connectivity index (χ2n) is 3.90. The summed E-state index contributed by atoms with van der Waals surface area (Å²) in [5.74, 6) is 1.61. The van der Waals surface area contributed by atoms with Crippen LogP contribution in [0.1, 0.15) is 52.4 Å². The van der Waals surface area contributed by atoms with Gasteiger partial charge in [-0.3, -0.25) is 4.79 Å². The monoisotopic (exact) mass is 168 g/mol. The molecule has 1 fully saturated rings. The number of hydrogen-bond donors (Lipinski definition) is 0. The lowest BCUT2D eigenvalue weighted by Crippen LogP contribution is -2.26. The Hall–Kier alpha value is -0.330. The molecule has 1 heteroatoms. The summed E-state index contributed by atoms with van der Waals surface area (Å²) in [5, 5.41) is 0. The minimum Gasteiger partial charge on any atom is -0.299 e. The zero-order valence-electron chi connectivity index (χ0n) is 8.31. The van der Waals surface area contributed by atoms with Crippen LogP contribution in [0.3, 0.4) is 0 Å². The molecule has 0 spiro atoms. The molecule has 0 amide bonds. The molecule has 0 bridgehead atoms. The van der Waals surface area contributed by atoms with Crippen LogP contribution in [0.5, 0.6) is 0 Å². The molecule has 0 aliphatic heterocycles. The van der Waals surface area contributed by atoms with E-state index in [1.54, 1.807) is 0 Å². The average Bonchev–Trinajstić information content (AvgIpc) is 2.10. The summed E-state index contributed by atoms with van der Waals surface area (Å²) in [5.41, 5.74) is 0. The van der Waals surface area contributed by atoms with Crippen molar-refractivity contribution in [2.24, 2.45) is 11.8 Å². The standard InChI is InChI=1S/C11H20O/c1-3-9(4-2)10-7-5-6-8-11(10)12/h9-10H,3-8H2,1-2H3. The quantitative estimate of drug-likeness (QED) is 0.632. The van der Waals surface area contributed by atoms with Gasteiger partial charge in [-0.25, -0.2) is 0 Å². The van der Waals surface area contributed by atoms with E-state index < -0.39 is 0 Å². The first-order chi connectivity index (χ1) is 5.79. The minimum atomic E-state index is 0.411. The number of rotatable bonds is 3. The molecule has 1 atom stereocenters. The number of ketones is 1. The summed E-state index contributed by atoms with van der Waals surface area (Å²) in [7, 11) is 0. The summed E-state index contributed by atoms with van der Waals surface area (Å²) in [4.78, 5) is 11.6. The number of hydrogen-bond acceptors (Lipinski definition) is 1. The lowest BCUT2D eigenvalue weighted by atomic mass is 9.77. The molecule has 0 aromatic rings. The molecular formula is C11H20O. The van der Waals surface area contributed by atoms with Gasteiger partial charge in [0, 0.05) is 12.3 Å². The van der Waals surface area contributed by atoms with E-state index in [-0.39, 0.29) is 0 Å². The molecule has 1 unspecified atom stereocenters. The van der Waals surface area contributed by atoms with Crippen LogP contribution in [-0.2, 0) is 4.79 Å². The molecule has 0 aromatic heterocycles. The molecule has 1 saturated carbocycles. The van der Waals surface area contributed by atoms with Gasteiger partial charge >= 0.3 is 0 Å². The third kappa shape index (κ3) is 2.09. The predicted octanol–water partition coefficient (Wildman–Crippen LogP) is 3.18. The largest absolute Gasteiger partial charge is 0.299 e. The molecule has 0 radical (unpaired) electrons. The molecular weight excluding hydrogens is 148 g/mol. The van der Waals surface area contributed by atoms with Crippen LogP contribution in [-0.4, -0.2) is 5.78 Å². The first-order valence-electron chi connectivity index (χ1n) is 5.32. The fourth-order valence-electron chi connectivity index (χ4n) is 2.37. The van der Waals surface area contributed by atoms with E-state index in [1.807, 2.05) is 0 Å². The van der Waals surface area contributed by atoms with Crippen LogP contribution in [0.15, 0.2) is 0 Å². The third-order valence-corrected chi connectivity index (χ3v) is 3.22. The number of carbonyl (C=O) groups excluding carboxylic acids is 1. The maximum Gasteiger partial charge on any atom is 0.136 e. The van der Waals surface area contributed by atoms with Crippen molar-refractivity contribution in [3.8, 4) is 0 Å². The van der Waals surface area contributed by atoms with E-state index in [4.69, 9.17) is 0 Å². The molecule has 1 aliphatic rings. The highest BCUT2D eigenvalue weighted by atomic mass is 16.1. The van der Waals surface area contributed by atoms with Crippen LogP contribution < -0.4 is 0 Å². The molecule has 0 saturated heterocycles. The molecule has 1 aliphatic carbocycles. The Kier molecular flexibility index (Phi) is 3.77. The van der Waals surface area contributed by atoms with Crippen LogP contribution in [0.4, 0.5) is 0 Å². The Bertz CT molecular complexity index is 147. The van der Waals surface area contributed by atoms with Gasteiger partial charge in [0.2, 0.25) is 0 Å². The normalized spacial score (nSPS) is 24.9. The van der Waals surface area contributed by atoms with Gasteiger partial charge in [0.1, 0.15) is 5.78 Å². The zero-order chi connectivity index (χ0) is 8.97. The third-order valence-electron chi connectivity index (χ3n) is 3.22. The molecule has 1 rings (SSSR count). The Morgan fingerprint density at radius 1 is 1.33 bits per heavy atom. The topological polar surface area (TPSA) is 17.1 Å². The van der Waals surface area contributed by atoms with Crippen molar-refractivity contribution >= 4 is 5.78 Å². The van der Waals surface area contributed by atoms with Crippen molar-refractivity contribution in [1.29, 1.82) is 0 Å².